The van der Waals surface area contributed by atoms with Gasteiger partial charge in [-0.05, 0) is 38.5 Å². The Morgan fingerprint density at radius 2 is 1.95 bits per heavy atom. The lowest BCUT2D eigenvalue weighted by Gasteiger charge is -2.22. The summed E-state index contributed by atoms with van der Waals surface area (Å²) in [5.41, 5.74) is 1.38. The summed E-state index contributed by atoms with van der Waals surface area (Å²) in [6.45, 7) is 6.22. The number of methoxy groups -OCH3 is 1. The van der Waals surface area contributed by atoms with Gasteiger partial charge >= 0.3 is 0 Å². The van der Waals surface area contributed by atoms with E-state index in [2.05, 4.69) is 54.5 Å². The SMILES string of the molecule is CCNC(CCN(C)CCCOC)c1ccccc1. The van der Waals surface area contributed by atoms with Gasteiger partial charge in [-0.1, -0.05) is 37.3 Å². The van der Waals surface area contributed by atoms with E-state index in [0.717, 1.165) is 39.1 Å². The molecular formula is C16H28N2O. The van der Waals surface area contributed by atoms with E-state index < -0.39 is 0 Å². The van der Waals surface area contributed by atoms with E-state index in [1.165, 1.54) is 5.56 Å². The van der Waals surface area contributed by atoms with E-state index in [-0.39, 0.29) is 0 Å². The first kappa shape index (κ1) is 16.2. The fraction of sp³-hybridized carbons (Fsp3) is 0.625. The van der Waals surface area contributed by atoms with Crippen LogP contribution < -0.4 is 5.32 Å². The Kier molecular flexibility index (Phi) is 8.47. The number of ether oxygens (including phenoxy) is 1. The van der Waals surface area contributed by atoms with Gasteiger partial charge in [0, 0.05) is 26.3 Å². The molecule has 3 heteroatoms. The van der Waals surface area contributed by atoms with Crippen LogP contribution in [0.4, 0.5) is 0 Å². The molecule has 0 heterocycles. The highest BCUT2D eigenvalue weighted by molar-refractivity contribution is 5.18. The second-order valence-corrected chi connectivity index (χ2v) is 4.96. The molecule has 3 nitrogen and oxygen atoms in total. The molecule has 0 radical (unpaired) electrons. The van der Waals surface area contributed by atoms with E-state index in [0.29, 0.717) is 6.04 Å². The molecule has 0 aliphatic carbocycles. The quantitative estimate of drug-likeness (QED) is 0.658. The van der Waals surface area contributed by atoms with Crippen LogP contribution >= 0.6 is 0 Å². The molecule has 1 aromatic carbocycles. The molecule has 0 spiro atoms. The Morgan fingerprint density at radius 3 is 2.58 bits per heavy atom. The molecule has 0 aliphatic heterocycles. The normalized spacial score (nSPS) is 12.8. The summed E-state index contributed by atoms with van der Waals surface area (Å²) in [6.07, 6.45) is 2.24. The molecule has 1 aromatic rings. The zero-order chi connectivity index (χ0) is 13.9. The summed E-state index contributed by atoms with van der Waals surface area (Å²) < 4.78 is 5.09. The largest absolute Gasteiger partial charge is 0.385 e. The van der Waals surface area contributed by atoms with Crippen LogP contribution in [0.1, 0.15) is 31.4 Å². The van der Waals surface area contributed by atoms with E-state index in [1.807, 2.05) is 0 Å². The first-order valence-electron chi connectivity index (χ1n) is 7.23. The lowest BCUT2D eigenvalue weighted by atomic mass is 10.0. The predicted molar refractivity (Wildman–Crippen MR) is 81.5 cm³/mol. The maximum absolute atomic E-state index is 5.09. The molecule has 108 valence electrons. The third-order valence-corrected chi connectivity index (χ3v) is 3.34. The van der Waals surface area contributed by atoms with Crippen molar-refractivity contribution in [3.05, 3.63) is 35.9 Å². The molecule has 19 heavy (non-hydrogen) atoms. The lowest BCUT2D eigenvalue weighted by molar-refractivity contribution is 0.178. The zero-order valence-corrected chi connectivity index (χ0v) is 12.6. The Bertz CT molecular complexity index is 316. The van der Waals surface area contributed by atoms with Crippen LogP contribution in [0.2, 0.25) is 0 Å². The third kappa shape index (κ3) is 6.71. The van der Waals surface area contributed by atoms with Gasteiger partial charge in [0.15, 0.2) is 0 Å². The number of nitrogens with zero attached hydrogens (tertiary/aromatic N) is 1. The monoisotopic (exact) mass is 264 g/mol. The Hall–Kier alpha value is -0.900. The van der Waals surface area contributed by atoms with Crippen LogP contribution in [0.15, 0.2) is 30.3 Å². The number of hydrogen-bond acceptors (Lipinski definition) is 3. The molecule has 1 N–H and O–H groups in total. The molecule has 0 amide bonds. The molecule has 1 atom stereocenters. The number of nitrogens with one attached hydrogen (secondary N) is 1. The van der Waals surface area contributed by atoms with Crippen LogP contribution in [0.5, 0.6) is 0 Å². The van der Waals surface area contributed by atoms with Gasteiger partial charge in [0.1, 0.15) is 0 Å². The summed E-state index contributed by atoms with van der Waals surface area (Å²) in [5, 5.41) is 3.57. The fourth-order valence-electron chi connectivity index (χ4n) is 2.26. The number of rotatable bonds is 10. The van der Waals surface area contributed by atoms with E-state index in [1.54, 1.807) is 7.11 Å². The van der Waals surface area contributed by atoms with Gasteiger partial charge in [-0.15, -0.1) is 0 Å². The van der Waals surface area contributed by atoms with Crippen LogP contribution in [0.25, 0.3) is 0 Å². The van der Waals surface area contributed by atoms with Crippen molar-refractivity contribution in [2.24, 2.45) is 0 Å². The van der Waals surface area contributed by atoms with Crippen molar-refractivity contribution in [2.75, 3.05) is 40.4 Å². The summed E-state index contributed by atoms with van der Waals surface area (Å²) in [6, 6.07) is 11.2. The minimum Gasteiger partial charge on any atom is -0.385 e. The third-order valence-electron chi connectivity index (χ3n) is 3.34. The van der Waals surface area contributed by atoms with Gasteiger partial charge in [0.05, 0.1) is 0 Å². The minimum absolute atomic E-state index is 0.455. The van der Waals surface area contributed by atoms with Gasteiger partial charge in [0.25, 0.3) is 0 Å². The molecule has 0 saturated carbocycles. The average Bonchev–Trinajstić information content (AvgIpc) is 2.44. The molecule has 0 saturated heterocycles. The van der Waals surface area contributed by atoms with E-state index in [4.69, 9.17) is 4.74 Å². The number of hydrogen-bond donors (Lipinski definition) is 1. The lowest BCUT2D eigenvalue weighted by Crippen LogP contribution is -2.28. The molecule has 0 bridgehead atoms. The van der Waals surface area contributed by atoms with Crippen molar-refractivity contribution < 1.29 is 4.74 Å². The molecule has 0 aromatic heterocycles. The predicted octanol–water partition coefficient (Wildman–Crippen LogP) is 2.70. The summed E-state index contributed by atoms with van der Waals surface area (Å²) in [4.78, 5) is 2.38. The van der Waals surface area contributed by atoms with Gasteiger partial charge < -0.3 is 15.0 Å². The Balaban J connectivity index is 2.37. The highest BCUT2D eigenvalue weighted by Crippen LogP contribution is 2.16. The van der Waals surface area contributed by atoms with Gasteiger partial charge in [-0.3, -0.25) is 0 Å². The maximum Gasteiger partial charge on any atom is 0.0474 e. The maximum atomic E-state index is 5.09. The Morgan fingerprint density at radius 1 is 1.21 bits per heavy atom. The van der Waals surface area contributed by atoms with Crippen molar-refractivity contribution >= 4 is 0 Å². The molecular weight excluding hydrogens is 236 g/mol. The summed E-state index contributed by atoms with van der Waals surface area (Å²) in [5.74, 6) is 0. The van der Waals surface area contributed by atoms with Crippen molar-refractivity contribution in [3.63, 3.8) is 0 Å². The van der Waals surface area contributed by atoms with Gasteiger partial charge in [0.2, 0.25) is 0 Å². The van der Waals surface area contributed by atoms with Crippen molar-refractivity contribution in [1.82, 2.24) is 10.2 Å². The molecule has 0 fully saturated rings. The highest BCUT2D eigenvalue weighted by Gasteiger charge is 2.10. The van der Waals surface area contributed by atoms with Crippen molar-refractivity contribution in [2.45, 2.75) is 25.8 Å². The second-order valence-electron chi connectivity index (χ2n) is 4.96. The summed E-state index contributed by atoms with van der Waals surface area (Å²) >= 11 is 0. The summed E-state index contributed by atoms with van der Waals surface area (Å²) in [7, 11) is 3.94. The smallest absolute Gasteiger partial charge is 0.0474 e. The van der Waals surface area contributed by atoms with E-state index >= 15 is 0 Å². The van der Waals surface area contributed by atoms with Crippen LogP contribution in [0, 0.1) is 0 Å². The second kappa shape index (κ2) is 9.96. The fourth-order valence-corrected chi connectivity index (χ4v) is 2.26. The van der Waals surface area contributed by atoms with E-state index in [9.17, 15) is 0 Å². The standard InChI is InChI=1S/C16H28N2O/c1-4-17-16(15-9-6-5-7-10-15)11-13-18(2)12-8-14-19-3/h5-7,9-10,16-17H,4,8,11-14H2,1-3H3. The first-order chi connectivity index (χ1) is 9.27. The highest BCUT2D eigenvalue weighted by atomic mass is 16.5. The molecule has 1 unspecified atom stereocenters. The van der Waals surface area contributed by atoms with Gasteiger partial charge in [-0.25, -0.2) is 0 Å². The minimum atomic E-state index is 0.455. The molecule has 0 aliphatic rings. The average molecular weight is 264 g/mol. The van der Waals surface area contributed by atoms with Crippen molar-refractivity contribution in [3.8, 4) is 0 Å². The van der Waals surface area contributed by atoms with Crippen LogP contribution in [-0.2, 0) is 4.74 Å². The first-order valence-corrected chi connectivity index (χ1v) is 7.23. The zero-order valence-electron chi connectivity index (χ0n) is 12.6. The molecule has 1 rings (SSSR count). The number of benzene rings is 1. The Labute approximate surface area is 118 Å². The van der Waals surface area contributed by atoms with Crippen LogP contribution in [0.3, 0.4) is 0 Å². The van der Waals surface area contributed by atoms with Crippen molar-refractivity contribution in [1.29, 1.82) is 0 Å². The van der Waals surface area contributed by atoms with Crippen LogP contribution in [-0.4, -0.2) is 45.3 Å². The van der Waals surface area contributed by atoms with Gasteiger partial charge in [-0.2, -0.15) is 0 Å². The topological polar surface area (TPSA) is 24.5 Å².